The molecule has 0 fully saturated rings. The first-order valence-corrected chi connectivity index (χ1v) is 3.86. The molecule has 2 nitrogen and oxygen atoms in total. The second-order valence-corrected chi connectivity index (χ2v) is 2.92. The first kappa shape index (κ1) is 7.53. The Labute approximate surface area is 73.3 Å². The number of nitrogens with zero attached hydrogens (tertiary/aromatic N) is 1. The third kappa shape index (κ3) is 1.47. The number of nitrogens with two attached hydrogens (primary N) is 1. The standard InChI is InChI=1S/C7H7IN2/c1-2-5-3-4-6(8)10-7(5)9/h2-4H,1H2,(H2,9,10). The molecular formula is C7H7IN2. The van der Waals surface area contributed by atoms with Crippen molar-refractivity contribution in [2.45, 2.75) is 0 Å². The van der Waals surface area contributed by atoms with Crippen LogP contribution in [-0.4, -0.2) is 4.98 Å². The summed E-state index contributed by atoms with van der Waals surface area (Å²) in [6.45, 7) is 3.60. The molecule has 0 amide bonds. The Bertz CT molecular complexity index is 258. The second-order valence-electron chi connectivity index (χ2n) is 1.81. The van der Waals surface area contributed by atoms with Crippen LogP contribution in [0.1, 0.15) is 5.56 Å². The van der Waals surface area contributed by atoms with Gasteiger partial charge in [-0.25, -0.2) is 4.98 Å². The molecule has 0 aliphatic heterocycles. The van der Waals surface area contributed by atoms with Gasteiger partial charge in [0.05, 0.1) is 0 Å². The molecule has 10 heavy (non-hydrogen) atoms. The Balaban J connectivity index is 3.19. The van der Waals surface area contributed by atoms with Gasteiger partial charge in [0.1, 0.15) is 9.52 Å². The Morgan fingerprint density at radius 2 is 2.30 bits per heavy atom. The number of hydrogen-bond acceptors (Lipinski definition) is 2. The lowest BCUT2D eigenvalue weighted by atomic mass is 10.2. The summed E-state index contributed by atoms with van der Waals surface area (Å²) in [4.78, 5) is 4.04. The number of nitrogen functional groups attached to an aromatic ring is 1. The van der Waals surface area contributed by atoms with Crippen molar-refractivity contribution < 1.29 is 0 Å². The smallest absolute Gasteiger partial charge is 0.131 e. The zero-order valence-electron chi connectivity index (χ0n) is 5.34. The normalized spacial score (nSPS) is 9.30. The van der Waals surface area contributed by atoms with Gasteiger partial charge in [0.15, 0.2) is 0 Å². The Hall–Kier alpha value is -0.580. The molecule has 0 radical (unpaired) electrons. The average molecular weight is 246 g/mol. The number of aromatic nitrogens is 1. The van der Waals surface area contributed by atoms with E-state index in [4.69, 9.17) is 5.73 Å². The number of hydrogen-bond donors (Lipinski definition) is 1. The van der Waals surface area contributed by atoms with Crippen molar-refractivity contribution in [3.8, 4) is 0 Å². The average Bonchev–Trinajstić information content (AvgIpc) is 1.88. The summed E-state index contributed by atoms with van der Waals surface area (Å²) in [7, 11) is 0. The molecule has 3 heteroatoms. The van der Waals surface area contributed by atoms with E-state index >= 15 is 0 Å². The maximum Gasteiger partial charge on any atom is 0.131 e. The minimum Gasteiger partial charge on any atom is -0.383 e. The third-order valence-corrected chi connectivity index (χ3v) is 1.74. The number of halogens is 1. The van der Waals surface area contributed by atoms with Gasteiger partial charge in [-0.3, -0.25) is 0 Å². The molecule has 0 aliphatic rings. The summed E-state index contributed by atoms with van der Waals surface area (Å²) in [6.07, 6.45) is 1.69. The molecule has 52 valence electrons. The van der Waals surface area contributed by atoms with Crippen LogP contribution >= 0.6 is 22.6 Å². The van der Waals surface area contributed by atoms with Gasteiger partial charge < -0.3 is 5.73 Å². The fourth-order valence-electron chi connectivity index (χ4n) is 0.633. The van der Waals surface area contributed by atoms with Gasteiger partial charge in [0, 0.05) is 5.56 Å². The lowest BCUT2D eigenvalue weighted by molar-refractivity contribution is 1.27. The summed E-state index contributed by atoms with van der Waals surface area (Å²) in [5, 5.41) is 0. The van der Waals surface area contributed by atoms with E-state index in [-0.39, 0.29) is 0 Å². The predicted molar refractivity (Wildman–Crippen MR) is 51.5 cm³/mol. The molecule has 0 bridgehead atoms. The molecule has 1 heterocycles. The van der Waals surface area contributed by atoms with Crippen molar-refractivity contribution in [3.05, 3.63) is 28.0 Å². The highest BCUT2D eigenvalue weighted by molar-refractivity contribution is 14.1. The fraction of sp³-hybridized carbons (Fsp3) is 0. The molecule has 1 aromatic rings. The first-order chi connectivity index (χ1) is 4.74. The SMILES string of the molecule is C=Cc1ccc(I)nc1N. The van der Waals surface area contributed by atoms with Crippen LogP contribution in [0.5, 0.6) is 0 Å². The molecule has 0 aromatic carbocycles. The highest BCUT2D eigenvalue weighted by Gasteiger charge is 1.94. The monoisotopic (exact) mass is 246 g/mol. The lowest BCUT2D eigenvalue weighted by Gasteiger charge is -1.97. The van der Waals surface area contributed by atoms with Gasteiger partial charge in [-0.2, -0.15) is 0 Å². The van der Waals surface area contributed by atoms with Crippen LogP contribution in [-0.2, 0) is 0 Å². The van der Waals surface area contributed by atoms with E-state index in [0.717, 1.165) is 9.26 Å². The van der Waals surface area contributed by atoms with E-state index in [9.17, 15) is 0 Å². The quantitative estimate of drug-likeness (QED) is 0.607. The van der Waals surface area contributed by atoms with Crippen molar-refractivity contribution in [2.75, 3.05) is 5.73 Å². The molecule has 0 unspecified atom stereocenters. The molecule has 0 atom stereocenters. The lowest BCUT2D eigenvalue weighted by Crippen LogP contribution is -1.94. The Kier molecular flexibility index (Phi) is 2.26. The van der Waals surface area contributed by atoms with E-state index in [1.165, 1.54) is 0 Å². The highest BCUT2D eigenvalue weighted by atomic mass is 127. The van der Waals surface area contributed by atoms with Crippen LogP contribution in [0, 0.1) is 3.70 Å². The molecule has 1 rings (SSSR count). The van der Waals surface area contributed by atoms with Crippen molar-refractivity contribution in [2.24, 2.45) is 0 Å². The molecule has 2 N–H and O–H groups in total. The minimum atomic E-state index is 0.543. The van der Waals surface area contributed by atoms with E-state index in [0.29, 0.717) is 5.82 Å². The van der Waals surface area contributed by atoms with E-state index < -0.39 is 0 Å². The molecule has 0 saturated heterocycles. The summed E-state index contributed by atoms with van der Waals surface area (Å²) in [5.41, 5.74) is 6.43. The number of pyridine rings is 1. The van der Waals surface area contributed by atoms with Gasteiger partial charge in [0.2, 0.25) is 0 Å². The summed E-state index contributed by atoms with van der Waals surface area (Å²) < 4.78 is 0.903. The van der Waals surface area contributed by atoms with Gasteiger partial charge >= 0.3 is 0 Å². The van der Waals surface area contributed by atoms with E-state index in [1.807, 2.05) is 12.1 Å². The van der Waals surface area contributed by atoms with Crippen molar-refractivity contribution in [3.63, 3.8) is 0 Å². The fourth-order valence-corrected chi connectivity index (χ4v) is 1.07. The predicted octanol–water partition coefficient (Wildman–Crippen LogP) is 1.91. The number of rotatable bonds is 1. The van der Waals surface area contributed by atoms with Crippen LogP contribution < -0.4 is 5.73 Å². The van der Waals surface area contributed by atoms with Gasteiger partial charge in [-0.15, -0.1) is 0 Å². The molecule has 0 saturated carbocycles. The zero-order valence-corrected chi connectivity index (χ0v) is 7.50. The van der Waals surface area contributed by atoms with E-state index in [1.54, 1.807) is 6.08 Å². The topological polar surface area (TPSA) is 38.9 Å². The van der Waals surface area contributed by atoms with Gasteiger partial charge in [-0.05, 0) is 34.7 Å². The van der Waals surface area contributed by atoms with Gasteiger partial charge in [-0.1, -0.05) is 12.7 Å². The van der Waals surface area contributed by atoms with Crippen LogP contribution in [0.3, 0.4) is 0 Å². The van der Waals surface area contributed by atoms with Crippen LogP contribution in [0.25, 0.3) is 6.08 Å². The zero-order chi connectivity index (χ0) is 7.56. The maximum atomic E-state index is 5.54. The summed E-state index contributed by atoms with van der Waals surface area (Å²) in [5.74, 6) is 0.543. The van der Waals surface area contributed by atoms with Crippen molar-refractivity contribution in [1.29, 1.82) is 0 Å². The number of anilines is 1. The third-order valence-electron chi connectivity index (χ3n) is 1.14. The molecule has 1 aromatic heterocycles. The molecular weight excluding hydrogens is 239 g/mol. The maximum absolute atomic E-state index is 5.54. The van der Waals surface area contributed by atoms with E-state index in [2.05, 4.69) is 34.2 Å². The first-order valence-electron chi connectivity index (χ1n) is 2.78. The Morgan fingerprint density at radius 1 is 1.60 bits per heavy atom. The highest BCUT2D eigenvalue weighted by Crippen LogP contribution is 2.11. The van der Waals surface area contributed by atoms with Crippen molar-refractivity contribution >= 4 is 34.5 Å². The summed E-state index contributed by atoms with van der Waals surface area (Å²) in [6, 6.07) is 3.80. The summed E-state index contributed by atoms with van der Waals surface area (Å²) >= 11 is 2.11. The van der Waals surface area contributed by atoms with Crippen LogP contribution in [0.15, 0.2) is 18.7 Å². The minimum absolute atomic E-state index is 0.543. The van der Waals surface area contributed by atoms with Crippen LogP contribution in [0.4, 0.5) is 5.82 Å². The van der Waals surface area contributed by atoms with Gasteiger partial charge in [0.25, 0.3) is 0 Å². The largest absolute Gasteiger partial charge is 0.383 e. The Morgan fingerprint density at radius 3 is 2.80 bits per heavy atom. The van der Waals surface area contributed by atoms with Crippen LogP contribution in [0.2, 0.25) is 0 Å². The molecule has 0 spiro atoms. The van der Waals surface area contributed by atoms with Crippen molar-refractivity contribution in [1.82, 2.24) is 4.98 Å². The second kappa shape index (κ2) is 3.01. The molecule has 0 aliphatic carbocycles.